The summed E-state index contributed by atoms with van der Waals surface area (Å²) in [6.45, 7) is 0.436. The zero-order valence-corrected chi connectivity index (χ0v) is 13.8. The van der Waals surface area contributed by atoms with Crippen LogP contribution in [0.25, 0.3) is 0 Å². The molecule has 3 rings (SSSR count). The predicted octanol–water partition coefficient (Wildman–Crippen LogP) is 3.52. The van der Waals surface area contributed by atoms with Crippen LogP contribution in [0.5, 0.6) is 0 Å². The Balaban J connectivity index is 1.58. The summed E-state index contributed by atoms with van der Waals surface area (Å²) in [5.41, 5.74) is 1.02. The van der Waals surface area contributed by atoms with Gasteiger partial charge in [0.1, 0.15) is 5.76 Å². The molecule has 0 unspecified atom stereocenters. The highest BCUT2D eigenvalue weighted by Gasteiger charge is 2.13. The minimum absolute atomic E-state index is 0.228. The van der Waals surface area contributed by atoms with Gasteiger partial charge in [0.05, 0.1) is 16.6 Å². The first-order valence-corrected chi connectivity index (χ1v) is 8.88. The third-order valence-electron chi connectivity index (χ3n) is 3.46. The fourth-order valence-corrected chi connectivity index (χ4v) is 3.27. The van der Waals surface area contributed by atoms with Crippen molar-refractivity contribution in [2.24, 2.45) is 0 Å². The number of furan rings is 1. The standard InChI is InChI=1S/C19H17NO3S/c21-19(20-13-15-7-3-1-4-8-15)18-12-11-16(23-18)14-24(22)17-9-5-2-6-10-17/h1-12H,13-14H2,(H,20,21)/t24-/m1/s1. The van der Waals surface area contributed by atoms with Gasteiger partial charge in [-0.15, -0.1) is 0 Å². The highest BCUT2D eigenvalue weighted by atomic mass is 32.2. The summed E-state index contributed by atoms with van der Waals surface area (Å²) >= 11 is 0. The number of benzene rings is 2. The van der Waals surface area contributed by atoms with Crippen LogP contribution >= 0.6 is 0 Å². The number of carbonyl (C=O) groups is 1. The molecule has 2 aromatic carbocycles. The third-order valence-corrected chi connectivity index (χ3v) is 4.81. The first-order chi connectivity index (χ1) is 11.7. The van der Waals surface area contributed by atoms with Crippen LogP contribution in [0.2, 0.25) is 0 Å². The molecule has 1 aromatic heterocycles. The van der Waals surface area contributed by atoms with Crippen molar-refractivity contribution in [1.82, 2.24) is 5.32 Å². The first-order valence-electron chi connectivity index (χ1n) is 7.56. The summed E-state index contributed by atoms with van der Waals surface area (Å²) in [5.74, 6) is 0.722. The fourth-order valence-electron chi connectivity index (χ4n) is 2.23. The van der Waals surface area contributed by atoms with Crippen molar-refractivity contribution in [3.63, 3.8) is 0 Å². The Labute approximate surface area is 143 Å². The van der Waals surface area contributed by atoms with Crippen LogP contribution in [-0.2, 0) is 23.1 Å². The molecule has 0 radical (unpaired) electrons. The Morgan fingerprint density at radius 2 is 1.58 bits per heavy atom. The van der Waals surface area contributed by atoms with Crippen LogP contribution in [0.4, 0.5) is 0 Å². The van der Waals surface area contributed by atoms with E-state index in [9.17, 15) is 9.00 Å². The molecular weight excluding hydrogens is 322 g/mol. The Morgan fingerprint density at radius 3 is 2.29 bits per heavy atom. The van der Waals surface area contributed by atoms with E-state index >= 15 is 0 Å². The van der Waals surface area contributed by atoms with Crippen molar-refractivity contribution in [3.05, 3.63) is 89.9 Å². The van der Waals surface area contributed by atoms with Gasteiger partial charge in [0.25, 0.3) is 5.91 Å². The number of carbonyl (C=O) groups excluding carboxylic acids is 1. The molecule has 0 saturated heterocycles. The van der Waals surface area contributed by atoms with Gasteiger partial charge in [0.15, 0.2) is 5.76 Å². The molecule has 0 saturated carbocycles. The molecule has 0 aliphatic heterocycles. The normalized spacial score (nSPS) is 11.8. The molecular formula is C19H17NO3S. The van der Waals surface area contributed by atoms with Gasteiger partial charge in [-0.1, -0.05) is 48.5 Å². The lowest BCUT2D eigenvalue weighted by molar-refractivity contribution is 0.0921. The monoisotopic (exact) mass is 339 g/mol. The maximum absolute atomic E-state index is 12.3. The van der Waals surface area contributed by atoms with E-state index in [-0.39, 0.29) is 17.4 Å². The lowest BCUT2D eigenvalue weighted by Crippen LogP contribution is -2.22. The van der Waals surface area contributed by atoms with E-state index in [0.29, 0.717) is 12.3 Å². The van der Waals surface area contributed by atoms with Gasteiger partial charge in [-0.3, -0.25) is 9.00 Å². The van der Waals surface area contributed by atoms with Crippen LogP contribution in [0.1, 0.15) is 21.9 Å². The van der Waals surface area contributed by atoms with Gasteiger partial charge in [-0.25, -0.2) is 0 Å². The minimum atomic E-state index is -1.19. The van der Waals surface area contributed by atoms with Gasteiger partial charge in [-0.2, -0.15) is 0 Å². The van der Waals surface area contributed by atoms with E-state index in [1.165, 1.54) is 0 Å². The summed E-state index contributed by atoms with van der Waals surface area (Å²) in [7, 11) is -1.19. The molecule has 0 spiro atoms. The molecule has 0 aliphatic carbocycles. The number of amides is 1. The SMILES string of the molecule is O=C(NCc1ccccc1)c1ccc(C[S@@](=O)c2ccccc2)o1. The van der Waals surface area contributed by atoms with Crippen LogP contribution in [0.3, 0.4) is 0 Å². The molecule has 5 heteroatoms. The lowest BCUT2D eigenvalue weighted by atomic mass is 10.2. The van der Waals surface area contributed by atoms with Gasteiger partial charge in [0.2, 0.25) is 0 Å². The van der Waals surface area contributed by atoms with E-state index in [0.717, 1.165) is 10.5 Å². The molecule has 1 N–H and O–H groups in total. The van der Waals surface area contributed by atoms with Crippen molar-refractivity contribution in [3.8, 4) is 0 Å². The third kappa shape index (κ3) is 4.20. The summed E-state index contributed by atoms with van der Waals surface area (Å²) in [5, 5.41) is 2.81. The summed E-state index contributed by atoms with van der Waals surface area (Å²) < 4.78 is 17.8. The van der Waals surface area contributed by atoms with Crippen molar-refractivity contribution in [1.29, 1.82) is 0 Å². The predicted molar refractivity (Wildman–Crippen MR) is 92.9 cm³/mol. The Kier molecular flexibility index (Phi) is 5.23. The molecule has 24 heavy (non-hydrogen) atoms. The average molecular weight is 339 g/mol. The second-order valence-electron chi connectivity index (χ2n) is 5.24. The molecule has 1 atom stereocenters. The quantitative estimate of drug-likeness (QED) is 0.747. The Morgan fingerprint density at radius 1 is 0.917 bits per heavy atom. The molecule has 0 aliphatic rings. The maximum Gasteiger partial charge on any atom is 0.287 e. The van der Waals surface area contributed by atoms with E-state index in [1.54, 1.807) is 12.1 Å². The first kappa shape index (κ1) is 16.2. The molecule has 3 aromatic rings. The van der Waals surface area contributed by atoms with Gasteiger partial charge >= 0.3 is 0 Å². The van der Waals surface area contributed by atoms with Crippen LogP contribution in [0, 0.1) is 0 Å². The van der Waals surface area contributed by atoms with Gasteiger partial charge in [-0.05, 0) is 29.8 Å². The largest absolute Gasteiger partial charge is 0.455 e. The Bertz CT molecular complexity index is 828. The van der Waals surface area contributed by atoms with Crippen LogP contribution in [-0.4, -0.2) is 10.1 Å². The van der Waals surface area contributed by atoms with Gasteiger partial charge in [0, 0.05) is 11.4 Å². The molecule has 0 fully saturated rings. The van der Waals surface area contributed by atoms with Crippen molar-refractivity contribution < 1.29 is 13.4 Å². The maximum atomic E-state index is 12.3. The van der Waals surface area contributed by atoms with E-state index in [2.05, 4.69) is 5.32 Å². The number of rotatable bonds is 6. The topological polar surface area (TPSA) is 59.3 Å². The molecule has 1 heterocycles. The molecule has 122 valence electrons. The number of hydrogen-bond acceptors (Lipinski definition) is 3. The molecule has 0 bridgehead atoms. The highest BCUT2D eigenvalue weighted by molar-refractivity contribution is 7.84. The Hall–Kier alpha value is -2.66. The summed E-state index contributed by atoms with van der Waals surface area (Å²) in [6, 6.07) is 22.1. The van der Waals surface area contributed by atoms with E-state index < -0.39 is 10.8 Å². The summed E-state index contributed by atoms with van der Waals surface area (Å²) in [6.07, 6.45) is 0. The van der Waals surface area contributed by atoms with E-state index in [1.807, 2.05) is 60.7 Å². The average Bonchev–Trinajstić information content (AvgIpc) is 3.10. The smallest absolute Gasteiger partial charge is 0.287 e. The fraction of sp³-hybridized carbons (Fsp3) is 0.105. The lowest BCUT2D eigenvalue weighted by Gasteiger charge is -2.03. The zero-order valence-electron chi connectivity index (χ0n) is 13.0. The minimum Gasteiger partial charge on any atom is -0.455 e. The summed E-state index contributed by atoms with van der Waals surface area (Å²) in [4.78, 5) is 12.8. The molecule has 1 amide bonds. The second kappa shape index (κ2) is 7.75. The number of hydrogen-bond donors (Lipinski definition) is 1. The second-order valence-corrected chi connectivity index (χ2v) is 6.69. The van der Waals surface area contributed by atoms with Crippen LogP contribution < -0.4 is 5.32 Å². The van der Waals surface area contributed by atoms with Crippen molar-refractivity contribution >= 4 is 16.7 Å². The zero-order chi connectivity index (χ0) is 16.8. The highest BCUT2D eigenvalue weighted by Crippen LogP contribution is 2.15. The number of nitrogens with one attached hydrogen (secondary N) is 1. The van der Waals surface area contributed by atoms with Gasteiger partial charge < -0.3 is 9.73 Å². The molecule has 4 nitrogen and oxygen atoms in total. The van der Waals surface area contributed by atoms with E-state index in [4.69, 9.17) is 4.42 Å². The van der Waals surface area contributed by atoms with Crippen LogP contribution in [0.15, 0.2) is 82.1 Å². The van der Waals surface area contributed by atoms with Crippen molar-refractivity contribution in [2.45, 2.75) is 17.2 Å². The van der Waals surface area contributed by atoms with Crippen molar-refractivity contribution in [2.75, 3.05) is 0 Å².